The molecule has 0 saturated carbocycles. The molecule has 9 heteroatoms. The second kappa shape index (κ2) is 9.02. The lowest BCUT2D eigenvalue weighted by molar-refractivity contribution is -0.136. The first-order valence-electron chi connectivity index (χ1n) is 11.0. The summed E-state index contributed by atoms with van der Waals surface area (Å²) in [6, 6.07) is 14.1. The van der Waals surface area contributed by atoms with Crippen LogP contribution in [0.2, 0.25) is 0 Å². The van der Waals surface area contributed by atoms with E-state index < -0.39 is 24.3 Å². The number of carbonyl (C=O) groups excluding carboxylic acids is 5. The molecule has 0 atom stereocenters. The Morgan fingerprint density at radius 3 is 2.11 bits per heavy atom. The van der Waals surface area contributed by atoms with Crippen LogP contribution in [0.15, 0.2) is 65.3 Å². The first-order chi connectivity index (χ1) is 17.0. The van der Waals surface area contributed by atoms with E-state index in [1.807, 2.05) is 0 Å². The zero-order valence-electron chi connectivity index (χ0n) is 18.6. The molecular weight excluding hydrogens is 452 g/mol. The summed E-state index contributed by atoms with van der Waals surface area (Å²) in [4.78, 5) is 66.8. The van der Waals surface area contributed by atoms with Crippen molar-refractivity contribution in [2.75, 3.05) is 32.8 Å². The SMILES string of the molecule is O=C(OCC(=O)N1CCN(C(=O)c2ccco2)CC1)c1cccc2c1C(=O)c1ccccc1C2=O. The lowest BCUT2D eigenvalue weighted by atomic mass is 9.82. The predicted molar refractivity (Wildman–Crippen MR) is 121 cm³/mol. The van der Waals surface area contributed by atoms with Crippen LogP contribution in [0.5, 0.6) is 0 Å². The van der Waals surface area contributed by atoms with Crippen LogP contribution in [-0.2, 0) is 9.53 Å². The van der Waals surface area contributed by atoms with Crippen LogP contribution in [0.4, 0.5) is 0 Å². The van der Waals surface area contributed by atoms with Gasteiger partial charge in [-0.25, -0.2) is 4.79 Å². The molecule has 2 aliphatic rings. The van der Waals surface area contributed by atoms with Gasteiger partial charge in [-0.1, -0.05) is 36.4 Å². The van der Waals surface area contributed by atoms with E-state index in [4.69, 9.17) is 9.15 Å². The highest BCUT2D eigenvalue weighted by Gasteiger charge is 2.33. The fourth-order valence-corrected chi connectivity index (χ4v) is 4.33. The molecule has 1 saturated heterocycles. The van der Waals surface area contributed by atoms with E-state index in [-0.39, 0.29) is 58.4 Å². The third-order valence-corrected chi connectivity index (χ3v) is 6.15. The molecule has 176 valence electrons. The highest BCUT2D eigenvalue weighted by Crippen LogP contribution is 2.29. The van der Waals surface area contributed by atoms with Crippen LogP contribution >= 0.6 is 0 Å². The van der Waals surface area contributed by atoms with Crippen molar-refractivity contribution in [3.05, 3.63) is 94.4 Å². The van der Waals surface area contributed by atoms with Gasteiger partial charge in [0.05, 0.1) is 11.8 Å². The largest absolute Gasteiger partial charge is 0.459 e. The van der Waals surface area contributed by atoms with Gasteiger partial charge in [0.1, 0.15) is 0 Å². The second-order valence-electron chi connectivity index (χ2n) is 8.16. The van der Waals surface area contributed by atoms with Gasteiger partial charge >= 0.3 is 5.97 Å². The van der Waals surface area contributed by atoms with Crippen LogP contribution in [0.1, 0.15) is 52.8 Å². The molecule has 1 aliphatic carbocycles. The number of esters is 1. The molecule has 0 unspecified atom stereocenters. The Morgan fingerprint density at radius 1 is 0.771 bits per heavy atom. The first kappa shape index (κ1) is 22.3. The number of ketones is 2. The molecule has 0 bridgehead atoms. The molecule has 3 aromatic rings. The van der Waals surface area contributed by atoms with Crippen molar-refractivity contribution in [1.82, 2.24) is 9.80 Å². The summed E-state index contributed by atoms with van der Waals surface area (Å²) in [6.07, 6.45) is 1.42. The van der Waals surface area contributed by atoms with Gasteiger partial charge in [0, 0.05) is 48.4 Å². The van der Waals surface area contributed by atoms with Crippen LogP contribution < -0.4 is 0 Å². The summed E-state index contributed by atoms with van der Waals surface area (Å²) >= 11 is 0. The van der Waals surface area contributed by atoms with E-state index in [0.29, 0.717) is 13.1 Å². The van der Waals surface area contributed by atoms with Gasteiger partial charge < -0.3 is 19.0 Å². The fraction of sp³-hybridized carbons (Fsp3) is 0.192. The van der Waals surface area contributed by atoms with E-state index in [1.165, 1.54) is 29.4 Å². The normalized spacial score (nSPS) is 14.9. The maximum absolute atomic E-state index is 13.1. The Bertz CT molecular complexity index is 1350. The molecule has 2 heterocycles. The Balaban J connectivity index is 1.23. The molecule has 5 rings (SSSR count). The van der Waals surface area contributed by atoms with Crippen LogP contribution in [-0.4, -0.2) is 71.9 Å². The van der Waals surface area contributed by atoms with E-state index in [1.54, 1.807) is 41.3 Å². The van der Waals surface area contributed by atoms with Gasteiger partial charge in [0.15, 0.2) is 23.9 Å². The van der Waals surface area contributed by atoms with E-state index in [2.05, 4.69) is 0 Å². The molecule has 1 aromatic heterocycles. The minimum atomic E-state index is -0.859. The number of amides is 2. The standard InChI is InChI=1S/C26H20N2O7/c29-21(27-10-12-28(13-11-27)25(32)20-9-4-14-34-20)15-35-26(33)19-8-3-7-18-22(19)24(31)17-6-2-1-5-16(17)23(18)30/h1-9,14H,10-13,15H2. The van der Waals surface area contributed by atoms with Crippen molar-refractivity contribution in [2.45, 2.75) is 0 Å². The highest BCUT2D eigenvalue weighted by atomic mass is 16.5. The third-order valence-electron chi connectivity index (χ3n) is 6.15. The average molecular weight is 472 g/mol. The summed E-state index contributed by atoms with van der Waals surface area (Å²) in [6.45, 7) is 0.691. The van der Waals surface area contributed by atoms with Crippen molar-refractivity contribution in [3.63, 3.8) is 0 Å². The Labute approximate surface area is 199 Å². The number of rotatable bonds is 4. The molecule has 2 aromatic carbocycles. The summed E-state index contributed by atoms with van der Waals surface area (Å²) in [5.41, 5.74) is 0.571. The van der Waals surface area contributed by atoms with Crippen molar-refractivity contribution >= 4 is 29.4 Å². The molecule has 35 heavy (non-hydrogen) atoms. The summed E-state index contributed by atoms with van der Waals surface area (Å²) in [5.74, 6) is -2.07. The number of furan rings is 1. The molecule has 0 spiro atoms. The van der Waals surface area contributed by atoms with Gasteiger partial charge in [0.25, 0.3) is 11.8 Å². The molecule has 9 nitrogen and oxygen atoms in total. The van der Waals surface area contributed by atoms with Crippen LogP contribution in [0.3, 0.4) is 0 Å². The zero-order valence-corrected chi connectivity index (χ0v) is 18.6. The quantitative estimate of drug-likeness (QED) is 0.418. The fourth-order valence-electron chi connectivity index (χ4n) is 4.33. The number of nitrogens with zero attached hydrogens (tertiary/aromatic N) is 2. The van der Waals surface area contributed by atoms with Gasteiger partial charge in [-0.05, 0) is 18.2 Å². The number of hydrogen-bond acceptors (Lipinski definition) is 7. The third kappa shape index (κ3) is 4.01. The maximum atomic E-state index is 13.1. The van der Waals surface area contributed by atoms with Gasteiger partial charge in [-0.15, -0.1) is 0 Å². The highest BCUT2D eigenvalue weighted by molar-refractivity contribution is 6.30. The maximum Gasteiger partial charge on any atom is 0.339 e. The Morgan fingerprint density at radius 2 is 1.43 bits per heavy atom. The topological polar surface area (TPSA) is 114 Å². The lowest BCUT2D eigenvalue weighted by Gasteiger charge is -2.34. The molecule has 1 fully saturated rings. The van der Waals surface area contributed by atoms with E-state index >= 15 is 0 Å². The second-order valence-corrected chi connectivity index (χ2v) is 8.16. The van der Waals surface area contributed by atoms with Crippen molar-refractivity contribution in [3.8, 4) is 0 Å². The molecule has 0 radical (unpaired) electrons. The molecule has 1 aliphatic heterocycles. The average Bonchev–Trinajstić information content (AvgIpc) is 3.44. The summed E-state index contributed by atoms with van der Waals surface area (Å²) in [7, 11) is 0. The molecular formula is C26H20N2O7. The summed E-state index contributed by atoms with van der Waals surface area (Å²) in [5, 5.41) is 0. The van der Waals surface area contributed by atoms with Crippen molar-refractivity contribution in [2.24, 2.45) is 0 Å². The number of benzene rings is 2. The monoisotopic (exact) mass is 472 g/mol. The molecule has 2 amide bonds. The number of hydrogen-bond donors (Lipinski definition) is 0. The van der Waals surface area contributed by atoms with E-state index in [0.717, 1.165) is 0 Å². The summed E-state index contributed by atoms with van der Waals surface area (Å²) < 4.78 is 10.4. The minimum Gasteiger partial charge on any atom is -0.459 e. The zero-order chi connectivity index (χ0) is 24.5. The minimum absolute atomic E-state index is 0.0151. The predicted octanol–water partition coefficient (Wildman–Crippen LogP) is 2.20. The van der Waals surface area contributed by atoms with Crippen LogP contribution in [0.25, 0.3) is 0 Å². The molecule has 0 N–H and O–H groups in total. The number of carbonyl (C=O) groups is 5. The van der Waals surface area contributed by atoms with Crippen molar-refractivity contribution < 1.29 is 33.1 Å². The number of piperazine rings is 1. The number of ether oxygens (including phenoxy) is 1. The van der Waals surface area contributed by atoms with Gasteiger partial charge in [0.2, 0.25) is 0 Å². The van der Waals surface area contributed by atoms with E-state index in [9.17, 15) is 24.0 Å². The van der Waals surface area contributed by atoms with Gasteiger partial charge in [-0.2, -0.15) is 0 Å². The first-order valence-corrected chi connectivity index (χ1v) is 11.0. The Hall–Kier alpha value is -4.53. The number of fused-ring (bicyclic) bond motifs is 2. The van der Waals surface area contributed by atoms with Crippen LogP contribution in [0, 0.1) is 0 Å². The Kier molecular flexibility index (Phi) is 5.74. The lowest BCUT2D eigenvalue weighted by Crippen LogP contribution is -2.51. The smallest absolute Gasteiger partial charge is 0.339 e. The van der Waals surface area contributed by atoms with Crippen molar-refractivity contribution in [1.29, 1.82) is 0 Å². The van der Waals surface area contributed by atoms with Gasteiger partial charge in [-0.3, -0.25) is 19.2 Å².